The van der Waals surface area contributed by atoms with Gasteiger partial charge in [-0.2, -0.15) is 13.2 Å². The van der Waals surface area contributed by atoms with Crippen molar-refractivity contribution in [1.82, 2.24) is 9.88 Å². The Kier molecular flexibility index (Phi) is 8.41. The van der Waals surface area contributed by atoms with E-state index in [4.69, 9.17) is 9.47 Å². The van der Waals surface area contributed by atoms with Gasteiger partial charge in [0, 0.05) is 29.4 Å². The molecule has 2 aromatic carbocycles. The van der Waals surface area contributed by atoms with E-state index in [2.05, 4.69) is 18.8 Å². The monoisotopic (exact) mass is 626 g/mol. The number of methoxy groups -OCH3 is 1. The van der Waals surface area contributed by atoms with E-state index in [0.29, 0.717) is 35.4 Å². The maximum Gasteiger partial charge on any atom is 0.416 e. The van der Waals surface area contributed by atoms with Crippen molar-refractivity contribution in [3.63, 3.8) is 0 Å². The highest BCUT2D eigenvalue weighted by Gasteiger charge is 2.42. The van der Waals surface area contributed by atoms with Crippen molar-refractivity contribution < 1.29 is 41.7 Å². The van der Waals surface area contributed by atoms with Crippen LogP contribution in [0.15, 0.2) is 54.2 Å². The van der Waals surface area contributed by atoms with Gasteiger partial charge in [0.05, 0.1) is 24.3 Å². The zero-order valence-corrected chi connectivity index (χ0v) is 25.6. The molecule has 1 fully saturated rings. The minimum absolute atomic E-state index is 0.111. The number of carbonyl (C=O) groups is 2. The van der Waals surface area contributed by atoms with Gasteiger partial charge in [-0.15, -0.1) is 0 Å². The molecule has 5 rings (SSSR count). The average Bonchev–Trinajstić information content (AvgIpc) is 3.24. The third-order valence-electron chi connectivity index (χ3n) is 8.58. The molecule has 11 heteroatoms. The van der Waals surface area contributed by atoms with Gasteiger partial charge < -0.3 is 14.6 Å². The van der Waals surface area contributed by atoms with Crippen LogP contribution in [0.25, 0.3) is 16.7 Å². The molecule has 1 aliphatic heterocycles. The highest BCUT2D eigenvalue weighted by atomic mass is 19.4. The van der Waals surface area contributed by atoms with Crippen LogP contribution in [0.2, 0.25) is 0 Å². The number of alkyl halides is 3. The Labute approximate surface area is 258 Å². The highest BCUT2D eigenvalue weighted by Crippen LogP contribution is 2.46. The lowest BCUT2D eigenvalue weighted by Gasteiger charge is -2.35. The van der Waals surface area contributed by atoms with E-state index in [0.717, 1.165) is 35.8 Å². The molecule has 2 atom stereocenters. The van der Waals surface area contributed by atoms with E-state index in [-0.39, 0.29) is 28.7 Å². The van der Waals surface area contributed by atoms with Crippen LogP contribution < -0.4 is 4.74 Å². The number of aromatic nitrogens is 1. The molecule has 1 amide bonds. The Hall–Kier alpha value is -4.41. The van der Waals surface area contributed by atoms with Gasteiger partial charge in [-0.3, -0.25) is 4.90 Å². The first-order chi connectivity index (χ1) is 21.1. The molecule has 45 heavy (non-hydrogen) atoms. The summed E-state index contributed by atoms with van der Waals surface area (Å²) in [5, 5.41) is 9.23. The van der Waals surface area contributed by atoms with Crippen molar-refractivity contribution in [3.8, 4) is 17.0 Å². The first-order valence-corrected chi connectivity index (χ1v) is 14.5. The Morgan fingerprint density at radius 3 is 2.53 bits per heavy atom. The fourth-order valence-electron chi connectivity index (χ4n) is 6.26. The Balaban J connectivity index is 1.54. The molecule has 0 radical (unpaired) electrons. The molecule has 3 aromatic rings. The number of cyclic esters (lactones) is 1. The van der Waals surface area contributed by atoms with E-state index in [9.17, 15) is 27.9 Å². The van der Waals surface area contributed by atoms with Gasteiger partial charge in [0.1, 0.15) is 11.9 Å². The lowest BCUT2D eigenvalue weighted by molar-refractivity contribution is -0.137. The minimum atomic E-state index is -4.54. The third kappa shape index (κ3) is 6.53. The fraction of sp³-hybridized carbons (Fsp3) is 0.382. The van der Waals surface area contributed by atoms with Gasteiger partial charge in [0.25, 0.3) is 0 Å². The van der Waals surface area contributed by atoms with E-state index >= 15 is 4.39 Å². The fourth-order valence-corrected chi connectivity index (χ4v) is 6.26. The number of carboxylic acids is 1. The van der Waals surface area contributed by atoms with Gasteiger partial charge in [-0.05, 0) is 85.6 Å². The smallest absolute Gasteiger partial charge is 0.416 e. The summed E-state index contributed by atoms with van der Waals surface area (Å²) in [6.45, 7) is 7.74. The first kappa shape index (κ1) is 32.0. The van der Waals surface area contributed by atoms with Gasteiger partial charge in [0.15, 0.2) is 0 Å². The summed E-state index contributed by atoms with van der Waals surface area (Å²) in [4.78, 5) is 30.5. The number of ether oxygens (including phenoxy) is 2. The minimum Gasteiger partial charge on any atom is -0.481 e. The molecule has 1 N–H and O–H groups in total. The summed E-state index contributed by atoms with van der Waals surface area (Å²) < 4.78 is 67.0. The number of aryl methyl sites for hydroxylation is 1. The number of halogens is 4. The van der Waals surface area contributed by atoms with Crippen molar-refractivity contribution in [1.29, 1.82) is 0 Å². The number of nitrogens with zero attached hydrogens (tertiary/aromatic N) is 2. The predicted molar refractivity (Wildman–Crippen MR) is 159 cm³/mol. The number of carboxylic acid groups (broad SMARTS) is 1. The summed E-state index contributed by atoms with van der Waals surface area (Å²) >= 11 is 0. The second kappa shape index (κ2) is 11.8. The van der Waals surface area contributed by atoms with Crippen LogP contribution in [-0.4, -0.2) is 46.7 Å². The van der Waals surface area contributed by atoms with Crippen molar-refractivity contribution >= 4 is 17.6 Å². The van der Waals surface area contributed by atoms with Crippen LogP contribution in [0.4, 0.5) is 22.4 Å². The number of hydrogen-bond donors (Lipinski definition) is 1. The molecule has 0 saturated carbocycles. The molecule has 0 unspecified atom stereocenters. The third-order valence-corrected chi connectivity index (χ3v) is 8.58. The topological polar surface area (TPSA) is 89.0 Å². The van der Waals surface area contributed by atoms with E-state index < -0.39 is 41.8 Å². The lowest BCUT2D eigenvalue weighted by atomic mass is 9.72. The number of hydrogen-bond acceptors (Lipinski definition) is 5. The van der Waals surface area contributed by atoms with Crippen molar-refractivity contribution in [2.45, 2.75) is 65.3 Å². The average molecular weight is 627 g/mol. The van der Waals surface area contributed by atoms with Gasteiger partial charge in [0.2, 0.25) is 5.88 Å². The quantitative estimate of drug-likeness (QED) is 0.265. The van der Waals surface area contributed by atoms with Crippen molar-refractivity contribution in [2.75, 3.05) is 13.7 Å². The predicted octanol–water partition coefficient (Wildman–Crippen LogP) is 8.47. The summed E-state index contributed by atoms with van der Waals surface area (Å²) in [6, 6.07) is 8.55. The number of benzene rings is 2. The van der Waals surface area contributed by atoms with E-state index in [1.54, 1.807) is 26.0 Å². The molecular weight excluding hydrogens is 592 g/mol. The van der Waals surface area contributed by atoms with Gasteiger partial charge in [-0.25, -0.2) is 19.0 Å². The number of carbonyl (C=O) groups excluding carboxylic acids is 1. The summed E-state index contributed by atoms with van der Waals surface area (Å²) in [6.07, 6.45) is -2.57. The van der Waals surface area contributed by atoms with Crippen LogP contribution >= 0.6 is 0 Å². The first-order valence-electron chi connectivity index (χ1n) is 14.5. The maximum absolute atomic E-state index is 15.0. The Bertz CT molecular complexity index is 1700. The normalized spacial score (nSPS) is 19.9. The maximum atomic E-state index is 15.0. The number of amides is 1. The highest BCUT2D eigenvalue weighted by molar-refractivity contribution is 5.88. The van der Waals surface area contributed by atoms with Crippen LogP contribution in [0.3, 0.4) is 0 Å². The van der Waals surface area contributed by atoms with E-state index in [1.807, 2.05) is 0 Å². The molecule has 0 spiro atoms. The Morgan fingerprint density at radius 2 is 1.89 bits per heavy atom. The summed E-state index contributed by atoms with van der Waals surface area (Å²) in [7, 11) is 1.47. The number of pyridine rings is 1. The molecule has 1 saturated heterocycles. The zero-order chi connectivity index (χ0) is 32.8. The number of aromatic carboxylic acids is 1. The molecule has 0 bridgehead atoms. The van der Waals surface area contributed by atoms with E-state index in [1.165, 1.54) is 30.3 Å². The van der Waals surface area contributed by atoms with Crippen molar-refractivity contribution in [3.05, 3.63) is 87.9 Å². The molecular formula is C34H34F4N2O5. The number of allylic oxidation sites excluding steroid dienone is 1. The van der Waals surface area contributed by atoms with Gasteiger partial charge >= 0.3 is 18.2 Å². The molecule has 1 aliphatic carbocycles. The van der Waals surface area contributed by atoms with Crippen LogP contribution in [0.1, 0.15) is 78.7 Å². The SMILES string of the molecule is COc1ncc(-c2ccc(C(=O)O)cc2F)cc1C1=C(CN2C(=O)O[C@H](c3cc(C)cc(C(F)(F)F)c3)[C@@H]2C)CC(C)(C)CC1. The Morgan fingerprint density at radius 1 is 1.16 bits per heavy atom. The number of rotatable bonds is 7. The van der Waals surface area contributed by atoms with Crippen molar-refractivity contribution in [2.24, 2.45) is 5.41 Å². The van der Waals surface area contributed by atoms with Gasteiger partial charge in [-0.1, -0.05) is 31.5 Å². The molecule has 2 aliphatic rings. The molecule has 2 heterocycles. The molecule has 7 nitrogen and oxygen atoms in total. The van der Waals surface area contributed by atoms with Crippen LogP contribution in [0, 0.1) is 18.2 Å². The lowest BCUT2D eigenvalue weighted by Crippen LogP contribution is -2.35. The standard InChI is InChI=1S/C34H34F4N2O5/c1-18-10-21(12-24(11-18)34(36,37)38)29-19(2)40(32(43)45-29)17-23-15-33(3,4)9-8-25(23)27-13-22(16-39-30(27)44-5)26-7-6-20(31(41)42)14-28(26)35/h6-7,10-14,16,19,29H,8-9,15,17H2,1-5H3,(H,41,42)/t19-,29-/m0/s1. The van der Waals surface area contributed by atoms with Crippen LogP contribution in [-0.2, 0) is 10.9 Å². The second-order valence-electron chi connectivity index (χ2n) is 12.5. The summed E-state index contributed by atoms with van der Waals surface area (Å²) in [5.74, 6) is -1.65. The largest absolute Gasteiger partial charge is 0.481 e. The molecule has 238 valence electrons. The summed E-state index contributed by atoms with van der Waals surface area (Å²) in [5.41, 5.74) is 2.60. The second-order valence-corrected chi connectivity index (χ2v) is 12.5. The molecule has 1 aromatic heterocycles. The van der Waals surface area contributed by atoms with Crippen LogP contribution in [0.5, 0.6) is 5.88 Å². The zero-order valence-electron chi connectivity index (χ0n) is 25.6.